The van der Waals surface area contributed by atoms with Gasteiger partial charge in [0.25, 0.3) is 6.01 Å². The summed E-state index contributed by atoms with van der Waals surface area (Å²) in [5, 5.41) is 0. The van der Waals surface area contributed by atoms with Gasteiger partial charge in [0.05, 0.1) is 6.61 Å². The van der Waals surface area contributed by atoms with Crippen LogP contribution < -0.4 is 4.74 Å². The van der Waals surface area contributed by atoms with E-state index >= 15 is 0 Å². The summed E-state index contributed by atoms with van der Waals surface area (Å²) in [5.74, 6) is 0. The zero-order valence-electron chi connectivity index (χ0n) is 16.3. The summed E-state index contributed by atoms with van der Waals surface area (Å²) in [6.07, 6.45) is 23.5. The van der Waals surface area contributed by atoms with Gasteiger partial charge in [0.1, 0.15) is 0 Å². The zero-order chi connectivity index (χ0) is 17.3. The van der Waals surface area contributed by atoms with Crippen molar-refractivity contribution in [2.24, 2.45) is 0 Å². The van der Waals surface area contributed by atoms with Gasteiger partial charge in [0.2, 0.25) is 0 Å². The molecule has 3 nitrogen and oxygen atoms in total. The number of ether oxygens (including phenoxy) is 1. The Morgan fingerprint density at radius 3 is 1.75 bits per heavy atom. The third-order valence-electron chi connectivity index (χ3n) is 4.70. The predicted octanol–water partition coefficient (Wildman–Crippen LogP) is 6.76. The van der Waals surface area contributed by atoms with Gasteiger partial charge in [0.15, 0.2) is 0 Å². The van der Waals surface area contributed by atoms with E-state index in [2.05, 4.69) is 16.5 Å². The van der Waals surface area contributed by atoms with Crippen LogP contribution in [0.1, 0.15) is 104 Å². The van der Waals surface area contributed by atoms with Gasteiger partial charge in [-0.15, -0.1) is 0 Å². The second-order valence-electron chi connectivity index (χ2n) is 6.93. The molecule has 0 N–H and O–H groups in total. The number of hydrogen-bond acceptors (Lipinski definition) is 2. The van der Waals surface area contributed by atoms with Crippen molar-refractivity contribution in [1.82, 2.24) is 9.55 Å². The smallest absolute Gasteiger partial charge is 0.296 e. The van der Waals surface area contributed by atoms with Gasteiger partial charge in [-0.1, -0.05) is 90.4 Å². The number of imidazole rings is 1. The molecular formula is C21H40N2O. The lowest BCUT2D eigenvalue weighted by Crippen LogP contribution is -2.03. The Balaban J connectivity index is 1.81. The van der Waals surface area contributed by atoms with E-state index in [-0.39, 0.29) is 0 Å². The average Bonchev–Trinajstić information content (AvgIpc) is 3.03. The van der Waals surface area contributed by atoms with Gasteiger partial charge in [-0.25, -0.2) is 4.98 Å². The molecule has 0 radical (unpaired) electrons. The fraction of sp³-hybridized carbons (Fsp3) is 0.857. The standard InChI is InChI=1S/C21H40N2O/c1-3-5-6-7-8-9-10-11-12-13-14-15-16-17-19-23-20-18-22-21(23)24-4-2/h18,20H,3-17,19H2,1-2H3. The van der Waals surface area contributed by atoms with E-state index in [9.17, 15) is 0 Å². The SMILES string of the molecule is CCCCCCCCCCCCCCCCn1ccnc1OCC. The molecule has 140 valence electrons. The highest BCUT2D eigenvalue weighted by Crippen LogP contribution is 2.14. The topological polar surface area (TPSA) is 27.1 Å². The highest BCUT2D eigenvalue weighted by Gasteiger charge is 2.02. The molecule has 0 spiro atoms. The third-order valence-corrected chi connectivity index (χ3v) is 4.70. The molecule has 3 heteroatoms. The normalized spacial score (nSPS) is 11.1. The largest absolute Gasteiger partial charge is 0.465 e. The molecule has 0 saturated carbocycles. The molecule has 0 aliphatic carbocycles. The quantitative estimate of drug-likeness (QED) is 0.294. The Labute approximate surface area is 150 Å². The van der Waals surface area contributed by atoms with Crippen molar-refractivity contribution >= 4 is 0 Å². The second-order valence-corrected chi connectivity index (χ2v) is 6.93. The summed E-state index contributed by atoms with van der Waals surface area (Å²) < 4.78 is 7.63. The van der Waals surface area contributed by atoms with E-state index in [0.717, 1.165) is 12.6 Å². The number of hydrogen-bond donors (Lipinski definition) is 0. The van der Waals surface area contributed by atoms with E-state index in [4.69, 9.17) is 4.74 Å². The monoisotopic (exact) mass is 336 g/mol. The van der Waals surface area contributed by atoms with Crippen LogP contribution in [0.5, 0.6) is 6.01 Å². The molecule has 1 aromatic rings. The lowest BCUT2D eigenvalue weighted by atomic mass is 10.0. The maximum absolute atomic E-state index is 5.50. The first kappa shape index (κ1) is 21.1. The van der Waals surface area contributed by atoms with E-state index in [1.54, 1.807) is 0 Å². The van der Waals surface area contributed by atoms with Crippen molar-refractivity contribution in [3.8, 4) is 6.01 Å². The van der Waals surface area contributed by atoms with Crippen LogP contribution in [-0.2, 0) is 6.54 Å². The highest BCUT2D eigenvalue weighted by atomic mass is 16.5. The van der Waals surface area contributed by atoms with Crippen LogP contribution in [0.25, 0.3) is 0 Å². The Morgan fingerprint density at radius 1 is 0.750 bits per heavy atom. The molecule has 0 aromatic carbocycles. The number of rotatable bonds is 17. The van der Waals surface area contributed by atoms with Gasteiger partial charge >= 0.3 is 0 Å². The molecule has 0 atom stereocenters. The highest BCUT2D eigenvalue weighted by molar-refractivity contribution is 4.97. The Hall–Kier alpha value is -0.990. The molecule has 0 unspecified atom stereocenters. The zero-order valence-corrected chi connectivity index (χ0v) is 16.3. The molecule has 1 aromatic heterocycles. The minimum absolute atomic E-state index is 0.690. The van der Waals surface area contributed by atoms with Crippen molar-refractivity contribution in [2.45, 2.75) is 110 Å². The summed E-state index contributed by atoms with van der Waals surface area (Å²) in [7, 11) is 0. The van der Waals surface area contributed by atoms with E-state index < -0.39 is 0 Å². The molecule has 24 heavy (non-hydrogen) atoms. The first-order chi connectivity index (χ1) is 11.9. The van der Waals surface area contributed by atoms with Crippen LogP contribution in [0.3, 0.4) is 0 Å². The maximum atomic E-state index is 5.50. The molecular weight excluding hydrogens is 296 g/mol. The predicted molar refractivity (Wildman–Crippen MR) is 104 cm³/mol. The fourth-order valence-electron chi connectivity index (χ4n) is 3.21. The van der Waals surface area contributed by atoms with Crippen molar-refractivity contribution < 1.29 is 4.74 Å². The number of unbranched alkanes of at least 4 members (excludes halogenated alkanes) is 13. The van der Waals surface area contributed by atoms with Crippen LogP contribution >= 0.6 is 0 Å². The number of nitrogens with zero attached hydrogens (tertiary/aromatic N) is 2. The molecule has 0 amide bonds. The van der Waals surface area contributed by atoms with E-state index in [0.29, 0.717) is 6.61 Å². The van der Waals surface area contributed by atoms with Gasteiger partial charge in [-0.05, 0) is 13.3 Å². The molecule has 0 aliphatic heterocycles. The van der Waals surface area contributed by atoms with Crippen LogP contribution in [0.15, 0.2) is 12.4 Å². The second kappa shape index (κ2) is 15.5. The van der Waals surface area contributed by atoms with E-state index in [1.165, 1.54) is 89.9 Å². The summed E-state index contributed by atoms with van der Waals surface area (Å²) in [6.45, 7) is 6.02. The Morgan fingerprint density at radius 2 is 1.25 bits per heavy atom. The number of aromatic nitrogens is 2. The minimum Gasteiger partial charge on any atom is -0.465 e. The van der Waals surface area contributed by atoms with Crippen LogP contribution in [-0.4, -0.2) is 16.2 Å². The van der Waals surface area contributed by atoms with Crippen molar-refractivity contribution in [3.63, 3.8) is 0 Å². The maximum Gasteiger partial charge on any atom is 0.296 e. The van der Waals surface area contributed by atoms with Crippen LogP contribution in [0.2, 0.25) is 0 Å². The third kappa shape index (κ3) is 10.7. The van der Waals surface area contributed by atoms with Gasteiger partial charge in [-0.2, -0.15) is 0 Å². The lowest BCUT2D eigenvalue weighted by Gasteiger charge is -2.07. The molecule has 0 saturated heterocycles. The Bertz CT molecular complexity index is 376. The van der Waals surface area contributed by atoms with Crippen LogP contribution in [0, 0.1) is 0 Å². The Kier molecular flexibility index (Phi) is 13.6. The lowest BCUT2D eigenvalue weighted by molar-refractivity contribution is 0.294. The summed E-state index contributed by atoms with van der Waals surface area (Å²) >= 11 is 0. The van der Waals surface area contributed by atoms with Crippen LogP contribution in [0.4, 0.5) is 0 Å². The molecule has 1 heterocycles. The summed E-state index contributed by atoms with van der Waals surface area (Å²) in [6, 6.07) is 0.771. The van der Waals surface area contributed by atoms with Crippen molar-refractivity contribution in [1.29, 1.82) is 0 Å². The van der Waals surface area contributed by atoms with Crippen molar-refractivity contribution in [2.75, 3.05) is 6.61 Å². The summed E-state index contributed by atoms with van der Waals surface area (Å²) in [4.78, 5) is 4.23. The van der Waals surface area contributed by atoms with Gasteiger partial charge in [-0.3, -0.25) is 0 Å². The van der Waals surface area contributed by atoms with Crippen molar-refractivity contribution in [3.05, 3.63) is 12.4 Å². The minimum atomic E-state index is 0.690. The average molecular weight is 337 g/mol. The molecule has 0 aliphatic rings. The van der Waals surface area contributed by atoms with Gasteiger partial charge in [0, 0.05) is 18.9 Å². The fourth-order valence-corrected chi connectivity index (χ4v) is 3.21. The first-order valence-corrected chi connectivity index (χ1v) is 10.5. The first-order valence-electron chi connectivity index (χ1n) is 10.5. The summed E-state index contributed by atoms with van der Waals surface area (Å²) in [5.41, 5.74) is 0. The molecule has 0 fully saturated rings. The molecule has 0 bridgehead atoms. The van der Waals surface area contributed by atoms with Gasteiger partial charge < -0.3 is 9.30 Å². The number of aryl methyl sites for hydroxylation is 1. The van der Waals surface area contributed by atoms with E-state index in [1.807, 2.05) is 19.3 Å². The molecule has 1 rings (SSSR count).